The lowest BCUT2D eigenvalue weighted by Gasteiger charge is -2.44. The molecular weight excluding hydrogens is 314 g/mol. The summed E-state index contributed by atoms with van der Waals surface area (Å²) < 4.78 is 12.2. The minimum absolute atomic E-state index is 0.112. The van der Waals surface area contributed by atoms with Crippen LogP contribution >= 0.6 is 0 Å². The van der Waals surface area contributed by atoms with E-state index in [0.717, 1.165) is 0 Å². The zero-order valence-corrected chi connectivity index (χ0v) is 14.0. The summed E-state index contributed by atoms with van der Waals surface area (Å²) in [6, 6.07) is 0. The standard InChI is InChI=1S/C15H21N5O4/c1-4-20-7-9(11(21)18-13(20)22)10-17-12(24-19-10)15(16)5-6-23-8-14(15,2)3/h7H,4-6,8,16H2,1-3H3,(H,18,21,22). The first-order chi connectivity index (χ1) is 11.3. The van der Waals surface area contributed by atoms with Crippen LogP contribution in [0.4, 0.5) is 0 Å². The van der Waals surface area contributed by atoms with Gasteiger partial charge in [-0.05, 0) is 13.3 Å². The molecule has 24 heavy (non-hydrogen) atoms. The van der Waals surface area contributed by atoms with Crippen LogP contribution in [0.1, 0.15) is 33.1 Å². The lowest BCUT2D eigenvalue weighted by Crippen LogP contribution is -2.55. The highest BCUT2D eigenvalue weighted by molar-refractivity contribution is 5.51. The van der Waals surface area contributed by atoms with Crippen LogP contribution in [0.3, 0.4) is 0 Å². The lowest BCUT2D eigenvalue weighted by molar-refractivity contribution is -0.0612. The molecule has 2 aromatic rings. The smallest absolute Gasteiger partial charge is 0.328 e. The van der Waals surface area contributed by atoms with Gasteiger partial charge >= 0.3 is 5.69 Å². The number of rotatable bonds is 3. The maximum absolute atomic E-state index is 12.1. The molecule has 1 fully saturated rings. The maximum atomic E-state index is 12.1. The van der Waals surface area contributed by atoms with Crippen molar-refractivity contribution < 1.29 is 9.26 Å². The number of nitrogens with one attached hydrogen (secondary N) is 1. The van der Waals surface area contributed by atoms with Gasteiger partial charge in [0.05, 0.1) is 6.61 Å². The van der Waals surface area contributed by atoms with Crippen molar-refractivity contribution in [2.24, 2.45) is 11.1 Å². The number of aryl methyl sites for hydroxylation is 1. The van der Waals surface area contributed by atoms with Gasteiger partial charge in [0.1, 0.15) is 11.1 Å². The quantitative estimate of drug-likeness (QED) is 0.820. The molecule has 0 amide bonds. The van der Waals surface area contributed by atoms with Gasteiger partial charge in [-0.3, -0.25) is 9.78 Å². The molecule has 3 rings (SSSR count). The molecule has 1 atom stereocenters. The molecule has 2 aromatic heterocycles. The van der Waals surface area contributed by atoms with Crippen molar-refractivity contribution in [3.05, 3.63) is 32.9 Å². The summed E-state index contributed by atoms with van der Waals surface area (Å²) in [5.41, 5.74) is 4.44. The van der Waals surface area contributed by atoms with Crippen molar-refractivity contribution in [3.63, 3.8) is 0 Å². The minimum Gasteiger partial charge on any atom is -0.381 e. The fraction of sp³-hybridized carbons (Fsp3) is 0.600. The van der Waals surface area contributed by atoms with Gasteiger partial charge in [0.25, 0.3) is 5.56 Å². The van der Waals surface area contributed by atoms with Gasteiger partial charge in [-0.25, -0.2) is 4.79 Å². The van der Waals surface area contributed by atoms with Crippen LogP contribution in [0, 0.1) is 5.41 Å². The molecule has 1 aliphatic rings. The summed E-state index contributed by atoms with van der Waals surface area (Å²) >= 11 is 0. The van der Waals surface area contributed by atoms with Crippen LogP contribution in [0.25, 0.3) is 11.4 Å². The number of hydrogen-bond acceptors (Lipinski definition) is 7. The first-order valence-corrected chi connectivity index (χ1v) is 7.83. The van der Waals surface area contributed by atoms with E-state index in [1.165, 1.54) is 10.8 Å². The highest BCUT2D eigenvalue weighted by atomic mass is 16.5. The van der Waals surface area contributed by atoms with E-state index in [1.807, 2.05) is 13.8 Å². The van der Waals surface area contributed by atoms with E-state index in [0.29, 0.717) is 26.2 Å². The lowest BCUT2D eigenvalue weighted by atomic mass is 9.70. The van der Waals surface area contributed by atoms with Gasteiger partial charge in [-0.15, -0.1) is 0 Å². The molecule has 0 bridgehead atoms. The van der Waals surface area contributed by atoms with Gasteiger partial charge in [-0.2, -0.15) is 4.98 Å². The topological polar surface area (TPSA) is 129 Å². The second kappa shape index (κ2) is 5.67. The number of aromatic amines is 1. The highest BCUT2D eigenvalue weighted by Crippen LogP contribution is 2.42. The number of ether oxygens (including phenoxy) is 1. The van der Waals surface area contributed by atoms with E-state index in [-0.39, 0.29) is 17.3 Å². The van der Waals surface area contributed by atoms with Gasteiger partial charge in [0, 0.05) is 24.8 Å². The van der Waals surface area contributed by atoms with Gasteiger partial charge in [0.2, 0.25) is 11.7 Å². The molecule has 9 heteroatoms. The van der Waals surface area contributed by atoms with E-state index in [4.69, 9.17) is 15.0 Å². The molecule has 0 aromatic carbocycles. The molecule has 1 saturated heterocycles. The van der Waals surface area contributed by atoms with Crippen LogP contribution < -0.4 is 17.0 Å². The minimum atomic E-state index is -0.845. The van der Waals surface area contributed by atoms with Crippen molar-refractivity contribution in [2.75, 3.05) is 13.2 Å². The Labute approximate surface area is 137 Å². The van der Waals surface area contributed by atoms with Crippen LogP contribution in [0.2, 0.25) is 0 Å². The number of nitrogens with two attached hydrogens (primary N) is 1. The third-order valence-electron chi connectivity index (χ3n) is 4.71. The Balaban J connectivity index is 2.06. The molecule has 3 N–H and O–H groups in total. The second-order valence-corrected chi connectivity index (χ2v) is 6.67. The third kappa shape index (κ3) is 2.49. The Morgan fingerprint density at radius 1 is 1.42 bits per heavy atom. The van der Waals surface area contributed by atoms with E-state index in [1.54, 1.807) is 6.92 Å². The van der Waals surface area contributed by atoms with Crippen molar-refractivity contribution in [3.8, 4) is 11.4 Å². The first kappa shape index (κ1) is 16.6. The van der Waals surface area contributed by atoms with Gasteiger partial charge in [0.15, 0.2) is 0 Å². The van der Waals surface area contributed by atoms with Gasteiger partial charge in [-0.1, -0.05) is 19.0 Å². The molecule has 0 saturated carbocycles. The average molecular weight is 335 g/mol. The third-order valence-corrected chi connectivity index (χ3v) is 4.71. The number of hydrogen-bond donors (Lipinski definition) is 2. The zero-order chi connectivity index (χ0) is 17.5. The summed E-state index contributed by atoms with van der Waals surface area (Å²) in [6.45, 7) is 7.13. The predicted molar refractivity (Wildman–Crippen MR) is 85.4 cm³/mol. The Morgan fingerprint density at radius 2 is 2.17 bits per heavy atom. The summed E-state index contributed by atoms with van der Waals surface area (Å²) in [6.07, 6.45) is 1.96. The van der Waals surface area contributed by atoms with Gasteiger partial charge < -0.3 is 19.6 Å². The summed E-state index contributed by atoms with van der Waals surface area (Å²) in [4.78, 5) is 30.3. The van der Waals surface area contributed by atoms with Crippen molar-refractivity contribution in [1.82, 2.24) is 19.7 Å². The normalized spacial score (nSPS) is 23.3. The van der Waals surface area contributed by atoms with Crippen LogP contribution in [-0.4, -0.2) is 32.9 Å². The van der Waals surface area contributed by atoms with Crippen molar-refractivity contribution in [1.29, 1.82) is 0 Å². The zero-order valence-electron chi connectivity index (χ0n) is 14.0. The van der Waals surface area contributed by atoms with E-state index >= 15 is 0 Å². The molecule has 9 nitrogen and oxygen atoms in total. The molecule has 0 spiro atoms. The molecular formula is C15H21N5O4. The maximum Gasteiger partial charge on any atom is 0.328 e. The summed E-state index contributed by atoms with van der Waals surface area (Å²) in [5, 5.41) is 3.90. The molecule has 1 aliphatic heterocycles. The SMILES string of the molecule is CCn1cc(-c2noc(C3(N)CCOCC3(C)C)n2)c(=O)[nH]c1=O. The Hall–Kier alpha value is -2.26. The number of aromatic nitrogens is 4. The molecule has 1 unspecified atom stereocenters. The monoisotopic (exact) mass is 335 g/mol. The van der Waals surface area contributed by atoms with Crippen LogP contribution in [0.5, 0.6) is 0 Å². The largest absolute Gasteiger partial charge is 0.381 e. The van der Waals surface area contributed by atoms with E-state index in [9.17, 15) is 9.59 Å². The van der Waals surface area contributed by atoms with Crippen LogP contribution in [0.15, 0.2) is 20.3 Å². The highest BCUT2D eigenvalue weighted by Gasteiger charge is 2.50. The Kier molecular flexibility index (Phi) is 3.92. The Morgan fingerprint density at radius 3 is 2.83 bits per heavy atom. The van der Waals surface area contributed by atoms with E-state index < -0.39 is 22.2 Å². The number of H-pyrrole nitrogens is 1. The van der Waals surface area contributed by atoms with Crippen molar-refractivity contribution in [2.45, 2.75) is 39.3 Å². The van der Waals surface area contributed by atoms with Crippen LogP contribution in [-0.2, 0) is 16.8 Å². The molecule has 0 radical (unpaired) electrons. The average Bonchev–Trinajstić information content (AvgIpc) is 3.00. The Bertz CT molecular complexity index is 865. The van der Waals surface area contributed by atoms with Crippen molar-refractivity contribution >= 4 is 0 Å². The van der Waals surface area contributed by atoms with E-state index in [2.05, 4.69) is 15.1 Å². The molecule has 130 valence electrons. The summed E-state index contributed by atoms with van der Waals surface area (Å²) in [7, 11) is 0. The first-order valence-electron chi connectivity index (χ1n) is 7.83. The second-order valence-electron chi connectivity index (χ2n) is 6.67. The summed E-state index contributed by atoms with van der Waals surface area (Å²) in [5.74, 6) is 0.375. The number of nitrogens with zero attached hydrogens (tertiary/aromatic N) is 3. The fourth-order valence-corrected chi connectivity index (χ4v) is 2.84. The molecule has 3 heterocycles. The predicted octanol–water partition coefficient (Wildman–Crippen LogP) is 0.207. The fourth-order valence-electron chi connectivity index (χ4n) is 2.84. The molecule has 0 aliphatic carbocycles.